The zero-order valence-corrected chi connectivity index (χ0v) is 11.6. The van der Waals surface area contributed by atoms with Crippen molar-refractivity contribution in [2.75, 3.05) is 5.32 Å². The number of phenolic OH excluding ortho intramolecular Hbond substituents is 1. The van der Waals surface area contributed by atoms with Gasteiger partial charge in [0.25, 0.3) is 0 Å². The van der Waals surface area contributed by atoms with Crippen molar-refractivity contribution in [2.24, 2.45) is 0 Å². The van der Waals surface area contributed by atoms with Crippen LogP contribution in [0.25, 0.3) is 0 Å². The van der Waals surface area contributed by atoms with Crippen LogP contribution in [0.4, 0.5) is 5.69 Å². The Bertz CT molecular complexity index is 536. The summed E-state index contributed by atoms with van der Waals surface area (Å²) in [6.45, 7) is 4.29. The molecule has 0 aliphatic rings. The maximum Gasteiger partial charge on any atom is 0.117 e. The van der Waals surface area contributed by atoms with Gasteiger partial charge in [0.05, 0.1) is 0 Å². The van der Waals surface area contributed by atoms with Gasteiger partial charge in [0.1, 0.15) is 5.75 Å². The number of anilines is 1. The molecule has 0 amide bonds. The highest BCUT2D eigenvalue weighted by Gasteiger charge is 2.03. The minimum absolute atomic E-state index is 0.302. The van der Waals surface area contributed by atoms with Gasteiger partial charge in [0, 0.05) is 17.8 Å². The second-order valence-electron chi connectivity index (χ2n) is 5.12. The van der Waals surface area contributed by atoms with Crippen molar-refractivity contribution in [3.63, 3.8) is 0 Å². The second kappa shape index (κ2) is 6.28. The second-order valence-corrected chi connectivity index (χ2v) is 5.12. The van der Waals surface area contributed by atoms with E-state index in [-0.39, 0.29) is 0 Å². The molecule has 0 spiro atoms. The first-order valence-corrected chi connectivity index (χ1v) is 6.74. The maximum absolute atomic E-state index is 9.42. The summed E-state index contributed by atoms with van der Waals surface area (Å²) < 4.78 is 0. The smallest absolute Gasteiger partial charge is 0.117 e. The lowest BCUT2D eigenvalue weighted by atomic mass is 10.0. The number of rotatable bonds is 5. The van der Waals surface area contributed by atoms with Gasteiger partial charge < -0.3 is 10.4 Å². The van der Waals surface area contributed by atoms with Crippen molar-refractivity contribution in [2.45, 2.75) is 32.7 Å². The molecule has 1 unspecified atom stereocenters. The normalized spacial score (nSPS) is 12.1. The Morgan fingerprint density at radius 1 is 1.11 bits per heavy atom. The largest absolute Gasteiger partial charge is 0.508 e. The highest BCUT2D eigenvalue weighted by Crippen LogP contribution is 2.17. The average Bonchev–Trinajstić information content (AvgIpc) is 2.36. The molecular formula is C17H21NO. The molecule has 0 saturated carbocycles. The third-order valence-corrected chi connectivity index (χ3v) is 3.21. The van der Waals surface area contributed by atoms with Crippen LogP contribution in [-0.2, 0) is 6.42 Å². The van der Waals surface area contributed by atoms with Gasteiger partial charge in [-0.3, -0.25) is 0 Å². The van der Waals surface area contributed by atoms with Crippen LogP contribution in [0.1, 0.15) is 24.5 Å². The molecule has 0 heterocycles. The molecule has 1 atom stereocenters. The maximum atomic E-state index is 9.42. The highest BCUT2D eigenvalue weighted by molar-refractivity contribution is 5.48. The fourth-order valence-corrected chi connectivity index (χ4v) is 2.20. The standard InChI is InChI=1S/C17H21NO/c1-13-5-3-6-15(11-13)10-9-14(2)18-16-7-4-8-17(19)12-16/h3-8,11-12,14,18-19H,9-10H2,1-2H3. The van der Waals surface area contributed by atoms with Crippen LogP contribution in [0.5, 0.6) is 5.75 Å². The lowest BCUT2D eigenvalue weighted by Crippen LogP contribution is -2.15. The van der Waals surface area contributed by atoms with Crippen molar-refractivity contribution in [1.82, 2.24) is 0 Å². The Labute approximate surface area is 115 Å². The van der Waals surface area contributed by atoms with E-state index in [1.807, 2.05) is 12.1 Å². The Morgan fingerprint density at radius 2 is 1.89 bits per heavy atom. The number of hydrogen-bond donors (Lipinski definition) is 2. The number of nitrogens with one attached hydrogen (secondary N) is 1. The first-order valence-electron chi connectivity index (χ1n) is 6.74. The zero-order valence-electron chi connectivity index (χ0n) is 11.6. The molecule has 0 radical (unpaired) electrons. The van der Waals surface area contributed by atoms with Gasteiger partial charge in [-0.1, -0.05) is 35.9 Å². The zero-order chi connectivity index (χ0) is 13.7. The van der Waals surface area contributed by atoms with Crippen molar-refractivity contribution < 1.29 is 5.11 Å². The van der Waals surface area contributed by atoms with Crippen molar-refractivity contribution >= 4 is 5.69 Å². The third kappa shape index (κ3) is 4.32. The molecular weight excluding hydrogens is 234 g/mol. The lowest BCUT2D eigenvalue weighted by Gasteiger charge is -2.15. The highest BCUT2D eigenvalue weighted by atomic mass is 16.3. The van der Waals surface area contributed by atoms with Gasteiger partial charge in [-0.15, -0.1) is 0 Å². The molecule has 0 fully saturated rings. The summed E-state index contributed by atoms with van der Waals surface area (Å²) >= 11 is 0. The number of aryl methyl sites for hydroxylation is 2. The van der Waals surface area contributed by atoms with Gasteiger partial charge in [-0.05, 0) is 44.4 Å². The molecule has 2 nitrogen and oxygen atoms in total. The van der Waals surface area contributed by atoms with Crippen LogP contribution in [0.3, 0.4) is 0 Å². The van der Waals surface area contributed by atoms with Crippen LogP contribution in [0.2, 0.25) is 0 Å². The molecule has 0 saturated heterocycles. The summed E-state index contributed by atoms with van der Waals surface area (Å²) in [6.07, 6.45) is 2.13. The average molecular weight is 255 g/mol. The topological polar surface area (TPSA) is 32.3 Å². The van der Waals surface area contributed by atoms with E-state index in [9.17, 15) is 5.11 Å². The van der Waals surface area contributed by atoms with Gasteiger partial charge in [0.15, 0.2) is 0 Å². The molecule has 0 aliphatic carbocycles. The summed E-state index contributed by atoms with van der Waals surface area (Å²) in [7, 11) is 0. The Kier molecular flexibility index (Phi) is 4.45. The van der Waals surface area contributed by atoms with Crippen LogP contribution in [0.15, 0.2) is 48.5 Å². The fourth-order valence-electron chi connectivity index (χ4n) is 2.20. The summed E-state index contributed by atoms with van der Waals surface area (Å²) in [6, 6.07) is 16.3. The van der Waals surface area contributed by atoms with Crippen LogP contribution >= 0.6 is 0 Å². The van der Waals surface area contributed by atoms with E-state index < -0.39 is 0 Å². The number of benzene rings is 2. The molecule has 0 aliphatic heterocycles. The van der Waals surface area contributed by atoms with Crippen molar-refractivity contribution in [3.05, 3.63) is 59.7 Å². The summed E-state index contributed by atoms with van der Waals surface area (Å²) in [5.41, 5.74) is 3.66. The molecule has 0 aromatic heterocycles. The van der Waals surface area contributed by atoms with Gasteiger partial charge in [-0.25, -0.2) is 0 Å². The van der Waals surface area contributed by atoms with E-state index in [1.54, 1.807) is 12.1 Å². The molecule has 2 rings (SSSR count). The van der Waals surface area contributed by atoms with E-state index in [0.29, 0.717) is 11.8 Å². The quantitative estimate of drug-likeness (QED) is 0.841. The monoisotopic (exact) mass is 255 g/mol. The lowest BCUT2D eigenvalue weighted by molar-refractivity contribution is 0.475. The van der Waals surface area contributed by atoms with Gasteiger partial charge >= 0.3 is 0 Å². The first kappa shape index (κ1) is 13.5. The van der Waals surface area contributed by atoms with Crippen LogP contribution in [-0.4, -0.2) is 11.1 Å². The SMILES string of the molecule is Cc1cccc(CCC(C)Nc2cccc(O)c2)c1. The molecule has 0 bridgehead atoms. The Morgan fingerprint density at radius 3 is 2.63 bits per heavy atom. The van der Waals surface area contributed by atoms with Crippen molar-refractivity contribution in [3.8, 4) is 5.75 Å². The predicted molar refractivity (Wildman–Crippen MR) is 80.7 cm³/mol. The first-order chi connectivity index (χ1) is 9.13. The van der Waals surface area contributed by atoms with Gasteiger partial charge in [0.2, 0.25) is 0 Å². The fraction of sp³-hybridized carbons (Fsp3) is 0.294. The number of aromatic hydroxyl groups is 1. The van der Waals surface area contributed by atoms with E-state index in [1.165, 1.54) is 11.1 Å². The van der Waals surface area contributed by atoms with E-state index in [0.717, 1.165) is 18.5 Å². The van der Waals surface area contributed by atoms with Crippen LogP contribution < -0.4 is 5.32 Å². The number of hydrogen-bond acceptors (Lipinski definition) is 2. The molecule has 2 N–H and O–H groups in total. The van der Waals surface area contributed by atoms with E-state index >= 15 is 0 Å². The minimum Gasteiger partial charge on any atom is -0.508 e. The Hall–Kier alpha value is -1.96. The third-order valence-electron chi connectivity index (χ3n) is 3.21. The van der Waals surface area contributed by atoms with Crippen LogP contribution in [0, 0.1) is 6.92 Å². The number of phenols is 1. The van der Waals surface area contributed by atoms with E-state index in [4.69, 9.17) is 0 Å². The molecule has 19 heavy (non-hydrogen) atoms. The molecule has 2 aromatic rings. The predicted octanol–water partition coefficient (Wildman–Crippen LogP) is 4.13. The van der Waals surface area contributed by atoms with Gasteiger partial charge in [-0.2, -0.15) is 0 Å². The molecule has 100 valence electrons. The minimum atomic E-state index is 0.302. The summed E-state index contributed by atoms with van der Waals surface area (Å²) in [5, 5.41) is 12.8. The summed E-state index contributed by atoms with van der Waals surface area (Å²) in [5.74, 6) is 0.302. The summed E-state index contributed by atoms with van der Waals surface area (Å²) in [4.78, 5) is 0. The van der Waals surface area contributed by atoms with E-state index in [2.05, 4.69) is 43.4 Å². The molecule has 2 aromatic carbocycles. The molecule has 2 heteroatoms. The van der Waals surface area contributed by atoms with Crippen molar-refractivity contribution in [1.29, 1.82) is 0 Å². The Balaban J connectivity index is 1.86.